The van der Waals surface area contributed by atoms with Crippen LogP contribution in [0.4, 0.5) is 5.69 Å². The molecule has 2 heterocycles. The maximum absolute atomic E-state index is 6.08. The van der Waals surface area contributed by atoms with Crippen molar-refractivity contribution < 1.29 is 4.74 Å². The van der Waals surface area contributed by atoms with Crippen LogP contribution in [-0.2, 0) is 12.8 Å². The lowest BCUT2D eigenvalue weighted by Crippen LogP contribution is -2.07. The van der Waals surface area contributed by atoms with E-state index in [4.69, 9.17) is 21.3 Å². The quantitative estimate of drug-likeness (QED) is 0.365. The van der Waals surface area contributed by atoms with E-state index < -0.39 is 0 Å². The molecule has 31 heavy (non-hydrogen) atoms. The van der Waals surface area contributed by atoms with Crippen LogP contribution in [0.1, 0.15) is 29.2 Å². The Labute approximate surface area is 187 Å². The lowest BCUT2D eigenvalue weighted by Gasteiger charge is -2.10. The number of hydrogen-bond acceptors (Lipinski definition) is 5. The zero-order chi connectivity index (χ0) is 21.6. The Morgan fingerprint density at radius 3 is 2.65 bits per heavy atom. The number of ether oxygens (including phenoxy) is 1. The summed E-state index contributed by atoms with van der Waals surface area (Å²) in [5.74, 6) is 1.75. The molecule has 0 saturated carbocycles. The Morgan fingerprint density at radius 1 is 1.00 bits per heavy atom. The van der Waals surface area contributed by atoms with Crippen molar-refractivity contribution in [3.05, 3.63) is 88.6 Å². The third-order valence-electron chi connectivity index (χ3n) is 5.10. The van der Waals surface area contributed by atoms with E-state index in [0.717, 1.165) is 65.4 Å². The van der Waals surface area contributed by atoms with Crippen LogP contribution < -0.4 is 10.1 Å². The summed E-state index contributed by atoms with van der Waals surface area (Å²) in [4.78, 5) is 13.8. The first-order valence-corrected chi connectivity index (χ1v) is 10.7. The predicted octanol–water partition coefficient (Wildman–Crippen LogP) is 5.63. The molecule has 1 N–H and O–H groups in total. The molecule has 0 bridgehead atoms. The van der Waals surface area contributed by atoms with Crippen LogP contribution in [0, 0.1) is 6.92 Å². The molecule has 0 fully saturated rings. The van der Waals surface area contributed by atoms with E-state index in [1.54, 1.807) is 13.3 Å². The lowest BCUT2D eigenvalue weighted by atomic mass is 10.1. The van der Waals surface area contributed by atoms with E-state index in [1.807, 2.05) is 43.3 Å². The molecular weight excluding hydrogens is 408 g/mol. The summed E-state index contributed by atoms with van der Waals surface area (Å²) >= 11 is 6.08. The van der Waals surface area contributed by atoms with Crippen molar-refractivity contribution in [3.63, 3.8) is 0 Å². The molecule has 2 aromatic carbocycles. The van der Waals surface area contributed by atoms with Crippen LogP contribution in [0.2, 0.25) is 5.02 Å². The molecule has 2 aromatic heterocycles. The fraction of sp³-hybridized carbons (Fsp3) is 0.240. The first-order valence-electron chi connectivity index (χ1n) is 10.4. The largest absolute Gasteiger partial charge is 0.497 e. The second-order valence-electron chi connectivity index (χ2n) is 7.49. The van der Waals surface area contributed by atoms with Gasteiger partial charge in [0.1, 0.15) is 11.6 Å². The van der Waals surface area contributed by atoms with Gasteiger partial charge in [-0.15, -0.1) is 0 Å². The fourth-order valence-corrected chi connectivity index (χ4v) is 3.77. The minimum absolute atomic E-state index is 0.694. The highest BCUT2D eigenvalue weighted by molar-refractivity contribution is 6.31. The van der Waals surface area contributed by atoms with Crippen LogP contribution in [0.25, 0.3) is 10.9 Å². The Hall–Kier alpha value is -3.18. The van der Waals surface area contributed by atoms with Crippen LogP contribution >= 0.6 is 11.6 Å². The summed E-state index contributed by atoms with van der Waals surface area (Å²) < 4.78 is 5.23. The highest BCUT2D eigenvalue weighted by atomic mass is 35.5. The number of fused-ring (bicyclic) bond motifs is 1. The molecule has 4 aromatic rings. The monoisotopic (exact) mass is 432 g/mol. The third kappa shape index (κ3) is 5.50. The number of methoxy groups -OCH3 is 1. The maximum Gasteiger partial charge on any atom is 0.128 e. The molecule has 0 aliphatic heterocycles. The summed E-state index contributed by atoms with van der Waals surface area (Å²) in [6, 6.07) is 17.9. The van der Waals surface area contributed by atoms with Crippen LogP contribution in [0.15, 0.2) is 60.8 Å². The molecular formula is C25H25ClN4O. The smallest absolute Gasteiger partial charge is 0.128 e. The van der Waals surface area contributed by atoms with Crippen LogP contribution in [0.5, 0.6) is 5.75 Å². The van der Waals surface area contributed by atoms with E-state index in [-0.39, 0.29) is 0 Å². The van der Waals surface area contributed by atoms with Crippen molar-refractivity contribution in [1.29, 1.82) is 0 Å². The normalized spacial score (nSPS) is 10.9. The van der Waals surface area contributed by atoms with Crippen molar-refractivity contribution in [3.8, 4) is 5.75 Å². The van der Waals surface area contributed by atoms with Gasteiger partial charge in [-0.25, -0.2) is 9.97 Å². The van der Waals surface area contributed by atoms with Gasteiger partial charge in [0.15, 0.2) is 0 Å². The number of anilines is 1. The number of halogens is 1. The third-order valence-corrected chi connectivity index (χ3v) is 5.33. The van der Waals surface area contributed by atoms with Gasteiger partial charge >= 0.3 is 0 Å². The SMILES string of the molecule is COc1ccc(Cc2cc(C)nc(CCCNc3ccnc4cc(Cl)ccc34)n2)cc1. The summed E-state index contributed by atoms with van der Waals surface area (Å²) in [5, 5.41) is 5.27. The molecule has 0 aliphatic rings. The van der Waals surface area contributed by atoms with Gasteiger partial charge in [-0.1, -0.05) is 23.7 Å². The Bertz CT molecular complexity index is 1180. The minimum Gasteiger partial charge on any atom is -0.497 e. The highest BCUT2D eigenvalue weighted by Gasteiger charge is 2.06. The van der Waals surface area contributed by atoms with Gasteiger partial charge in [0.05, 0.1) is 12.6 Å². The van der Waals surface area contributed by atoms with Crippen molar-refractivity contribution in [2.75, 3.05) is 19.0 Å². The summed E-state index contributed by atoms with van der Waals surface area (Å²) in [6.07, 6.45) is 4.34. The van der Waals surface area contributed by atoms with Crippen molar-refractivity contribution in [2.24, 2.45) is 0 Å². The first kappa shape index (κ1) is 21.1. The van der Waals surface area contributed by atoms with E-state index in [9.17, 15) is 0 Å². The van der Waals surface area contributed by atoms with Crippen molar-refractivity contribution >= 4 is 28.2 Å². The molecule has 0 aliphatic carbocycles. The molecule has 0 radical (unpaired) electrons. The molecule has 0 spiro atoms. The zero-order valence-electron chi connectivity index (χ0n) is 17.7. The number of pyridine rings is 1. The Kier molecular flexibility index (Phi) is 6.63. The second-order valence-corrected chi connectivity index (χ2v) is 7.93. The summed E-state index contributed by atoms with van der Waals surface area (Å²) in [6.45, 7) is 2.85. The lowest BCUT2D eigenvalue weighted by molar-refractivity contribution is 0.414. The van der Waals surface area contributed by atoms with Crippen molar-refractivity contribution in [2.45, 2.75) is 26.2 Å². The number of aryl methyl sites for hydroxylation is 2. The number of benzene rings is 2. The van der Waals surface area contributed by atoms with Crippen LogP contribution in [-0.4, -0.2) is 28.6 Å². The van der Waals surface area contributed by atoms with Crippen LogP contribution in [0.3, 0.4) is 0 Å². The average molecular weight is 433 g/mol. The summed E-state index contributed by atoms with van der Waals surface area (Å²) in [7, 11) is 1.68. The zero-order valence-corrected chi connectivity index (χ0v) is 18.5. The number of aromatic nitrogens is 3. The molecule has 6 heteroatoms. The average Bonchev–Trinajstić information content (AvgIpc) is 2.76. The molecule has 0 atom stereocenters. The summed E-state index contributed by atoms with van der Waals surface area (Å²) in [5.41, 5.74) is 5.20. The molecule has 0 saturated heterocycles. The molecule has 5 nitrogen and oxygen atoms in total. The number of nitrogens with one attached hydrogen (secondary N) is 1. The molecule has 0 amide bonds. The number of hydrogen-bond donors (Lipinski definition) is 1. The van der Waals surface area contributed by atoms with Gasteiger partial charge in [0.25, 0.3) is 0 Å². The number of rotatable bonds is 8. The minimum atomic E-state index is 0.694. The Balaban J connectivity index is 1.36. The fourth-order valence-electron chi connectivity index (χ4n) is 3.60. The topological polar surface area (TPSA) is 59.9 Å². The Morgan fingerprint density at radius 2 is 1.84 bits per heavy atom. The first-order chi connectivity index (χ1) is 15.1. The number of nitrogens with zero attached hydrogens (tertiary/aromatic N) is 3. The van der Waals surface area contributed by atoms with Gasteiger partial charge in [-0.2, -0.15) is 0 Å². The van der Waals surface area contributed by atoms with Crippen molar-refractivity contribution in [1.82, 2.24) is 15.0 Å². The van der Waals surface area contributed by atoms with E-state index >= 15 is 0 Å². The maximum atomic E-state index is 6.08. The van der Waals surface area contributed by atoms with E-state index in [0.29, 0.717) is 5.02 Å². The van der Waals surface area contributed by atoms with E-state index in [1.165, 1.54) is 5.56 Å². The molecule has 4 rings (SSSR count). The second kappa shape index (κ2) is 9.75. The van der Waals surface area contributed by atoms with Gasteiger partial charge in [-0.3, -0.25) is 4.98 Å². The van der Waals surface area contributed by atoms with Gasteiger partial charge < -0.3 is 10.1 Å². The van der Waals surface area contributed by atoms with Gasteiger partial charge in [-0.05, 0) is 61.4 Å². The predicted molar refractivity (Wildman–Crippen MR) is 126 cm³/mol. The molecule has 158 valence electrons. The highest BCUT2D eigenvalue weighted by Crippen LogP contribution is 2.24. The molecule has 0 unspecified atom stereocenters. The standard InChI is InChI=1S/C25H25ClN4O/c1-17-14-20(15-18-5-8-21(31-2)9-6-18)30-25(29-17)4-3-12-27-23-11-13-28-24-16-19(26)7-10-22(23)24/h5-11,13-14,16H,3-4,12,15H2,1-2H3,(H,27,28). The van der Waals surface area contributed by atoms with Gasteiger partial charge in [0.2, 0.25) is 0 Å². The van der Waals surface area contributed by atoms with Gasteiger partial charge in [0, 0.05) is 53.1 Å². The van der Waals surface area contributed by atoms with E-state index in [2.05, 4.69) is 33.5 Å².